The second-order valence-corrected chi connectivity index (χ2v) is 5.74. The molecule has 0 aromatic heterocycles. The Labute approximate surface area is 111 Å². The van der Waals surface area contributed by atoms with E-state index in [1.165, 1.54) is 6.07 Å². The van der Waals surface area contributed by atoms with Crippen molar-refractivity contribution in [2.75, 3.05) is 0 Å². The van der Waals surface area contributed by atoms with Crippen molar-refractivity contribution >= 4 is 0 Å². The summed E-state index contributed by atoms with van der Waals surface area (Å²) in [5.41, 5.74) is -0.620. The SMILES string of the molecule is CC1(C(O)c2cccc(C(F)(F)F)c2)CCCCC1. The zero-order valence-corrected chi connectivity index (χ0v) is 11.0. The van der Waals surface area contributed by atoms with Crippen molar-refractivity contribution < 1.29 is 18.3 Å². The Morgan fingerprint density at radius 2 is 1.79 bits per heavy atom. The quantitative estimate of drug-likeness (QED) is 0.826. The third kappa shape index (κ3) is 3.11. The highest BCUT2D eigenvalue weighted by Crippen LogP contribution is 2.46. The third-order valence-electron chi connectivity index (χ3n) is 4.19. The number of benzene rings is 1. The first-order valence-electron chi connectivity index (χ1n) is 6.68. The lowest BCUT2D eigenvalue weighted by atomic mass is 9.70. The zero-order valence-electron chi connectivity index (χ0n) is 11.0. The van der Waals surface area contributed by atoms with E-state index in [4.69, 9.17) is 0 Å². The third-order valence-corrected chi connectivity index (χ3v) is 4.19. The molecular formula is C15H19F3O. The van der Waals surface area contributed by atoms with Crippen LogP contribution in [0.25, 0.3) is 0 Å². The van der Waals surface area contributed by atoms with Gasteiger partial charge in [0.15, 0.2) is 0 Å². The van der Waals surface area contributed by atoms with Crippen molar-refractivity contribution in [1.29, 1.82) is 0 Å². The molecule has 1 N–H and O–H groups in total. The summed E-state index contributed by atoms with van der Waals surface area (Å²) in [7, 11) is 0. The van der Waals surface area contributed by atoms with Crippen LogP contribution in [0.5, 0.6) is 0 Å². The minimum atomic E-state index is -4.36. The van der Waals surface area contributed by atoms with E-state index < -0.39 is 17.8 Å². The van der Waals surface area contributed by atoms with Crippen LogP contribution in [0.1, 0.15) is 56.3 Å². The molecule has 0 amide bonds. The molecule has 0 radical (unpaired) electrons. The van der Waals surface area contributed by atoms with Gasteiger partial charge >= 0.3 is 6.18 Å². The Morgan fingerprint density at radius 3 is 2.37 bits per heavy atom. The van der Waals surface area contributed by atoms with E-state index in [0.29, 0.717) is 5.56 Å². The monoisotopic (exact) mass is 272 g/mol. The molecule has 1 saturated carbocycles. The van der Waals surface area contributed by atoms with Gasteiger partial charge < -0.3 is 5.11 Å². The van der Waals surface area contributed by atoms with Gasteiger partial charge in [0.25, 0.3) is 0 Å². The van der Waals surface area contributed by atoms with Crippen LogP contribution < -0.4 is 0 Å². The summed E-state index contributed by atoms with van der Waals surface area (Å²) in [5, 5.41) is 10.4. The molecule has 1 aliphatic rings. The van der Waals surface area contributed by atoms with E-state index in [0.717, 1.165) is 44.2 Å². The van der Waals surface area contributed by atoms with Crippen LogP contribution in [0.15, 0.2) is 24.3 Å². The van der Waals surface area contributed by atoms with E-state index in [1.807, 2.05) is 6.92 Å². The highest BCUT2D eigenvalue weighted by molar-refractivity contribution is 5.28. The average molecular weight is 272 g/mol. The van der Waals surface area contributed by atoms with Crippen molar-refractivity contribution in [3.8, 4) is 0 Å². The maximum Gasteiger partial charge on any atom is 0.416 e. The van der Waals surface area contributed by atoms with Crippen molar-refractivity contribution in [1.82, 2.24) is 0 Å². The van der Waals surface area contributed by atoms with Gasteiger partial charge in [0.2, 0.25) is 0 Å². The molecular weight excluding hydrogens is 253 g/mol. The standard InChI is InChI=1S/C15H19F3O/c1-14(8-3-2-4-9-14)13(19)11-6-5-7-12(10-11)15(16,17)18/h5-7,10,13,19H,2-4,8-9H2,1H3. The van der Waals surface area contributed by atoms with Gasteiger partial charge in [-0.15, -0.1) is 0 Å². The first-order valence-corrected chi connectivity index (χ1v) is 6.68. The summed E-state index contributed by atoms with van der Waals surface area (Å²) in [6, 6.07) is 5.07. The number of aliphatic hydroxyl groups excluding tert-OH is 1. The lowest BCUT2D eigenvalue weighted by molar-refractivity contribution is -0.137. The molecule has 1 aromatic carbocycles. The molecule has 1 nitrogen and oxygen atoms in total. The fourth-order valence-electron chi connectivity index (χ4n) is 2.92. The highest BCUT2D eigenvalue weighted by atomic mass is 19.4. The Morgan fingerprint density at radius 1 is 1.16 bits per heavy atom. The molecule has 106 valence electrons. The molecule has 0 aliphatic heterocycles. The van der Waals surface area contributed by atoms with Crippen LogP contribution in [-0.2, 0) is 6.18 Å². The summed E-state index contributed by atoms with van der Waals surface area (Å²) >= 11 is 0. The first-order chi connectivity index (χ1) is 8.83. The number of hydrogen-bond acceptors (Lipinski definition) is 1. The van der Waals surface area contributed by atoms with Crippen LogP contribution in [-0.4, -0.2) is 5.11 Å². The van der Waals surface area contributed by atoms with Crippen molar-refractivity contribution in [3.05, 3.63) is 35.4 Å². The van der Waals surface area contributed by atoms with Gasteiger partial charge in [-0.1, -0.05) is 38.3 Å². The van der Waals surface area contributed by atoms with Crippen LogP contribution in [0.2, 0.25) is 0 Å². The van der Waals surface area contributed by atoms with Crippen molar-refractivity contribution in [2.24, 2.45) is 5.41 Å². The van der Waals surface area contributed by atoms with Crippen LogP contribution in [0.4, 0.5) is 13.2 Å². The fraction of sp³-hybridized carbons (Fsp3) is 0.600. The zero-order chi connectivity index (χ0) is 14.1. The van der Waals surface area contributed by atoms with Gasteiger partial charge in [0, 0.05) is 0 Å². The molecule has 0 bridgehead atoms. The van der Waals surface area contributed by atoms with Gasteiger partial charge in [0.05, 0.1) is 11.7 Å². The Balaban J connectivity index is 2.26. The fourth-order valence-corrected chi connectivity index (χ4v) is 2.92. The van der Waals surface area contributed by atoms with Crippen molar-refractivity contribution in [3.63, 3.8) is 0 Å². The molecule has 1 aromatic rings. The number of rotatable bonds is 2. The normalized spacial score (nSPS) is 21.1. The molecule has 0 heterocycles. The van der Waals surface area contributed by atoms with Crippen LogP contribution >= 0.6 is 0 Å². The molecule has 0 spiro atoms. The lowest BCUT2D eigenvalue weighted by Crippen LogP contribution is -2.28. The minimum absolute atomic E-state index is 0.303. The minimum Gasteiger partial charge on any atom is -0.388 e. The van der Waals surface area contributed by atoms with Crippen LogP contribution in [0, 0.1) is 5.41 Å². The molecule has 0 saturated heterocycles. The molecule has 1 atom stereocenters. The smallest absolute Gasteiger partial charge is 0.388 e. The Bertz CT molecular complexity index is 433. The van der Waals surface area contributed by atoms with E-state index in [1.54, 1.807) is 6.07 Å². The maximum atomic E-state index is 12.7. The van der Waals surface area contributed by atoms with Gasteiger partial charge in [-0.25, -0.2) is 0 Å². The van der Waals surface area contributed by atoms with Gasteiger partial charge in [-0.05, 0) is 36.0 Å². The first kappa shape index (κ1) is 14.4. The predicted octanol–water partition coefficient (Wildman–Crippen LogP) is 4.71. The topological polar surface area (TPSA) is 20.2 Å². The second kappa shape index (κ2) is 5.16. The largest absolute Gasteiger partial charge is 0.416 e. The number of aliphatic hydroxyl groups is 1. The second-order valence-electron chi connectivity index (χ2n) is 5.74. The maximum absolute atomic E-state index is 12.7. The van der Waals surface area contributed by atoms with E-state index in [9.17, 15) is 18.3 Å². The van der Waals surface area contributed by atoms with Gasteiger partial charge in [0.1, 0.15) is 0 Å². The van der Waals surface area contributed by atoms with E-state index in [2.05, 4.69) is 0 Å². The summed E-state index contributed by atoms with van der Waals surface area (Å²) in [5.74, 6) is 0. The Kier molecular flexibility index (Phi) is 3.90. The predicted molar refractivity (Wildman–Crippen MR) is 67.6 cm³/mol. The molecule has 2 rings (SSSR count). The highest BCUT2D eigenvalue weighted by Gasteiger charge is 2.37. The molecule has 1 aliphatic carbocycles. The van der Waals surface area contributed by atoms with Gasteiger partial charge in [-0.2, -0.15) is 13.2 Å². The Hall–Kier alpha value is -1.03. The van der Waals surface area contributed by atoms with Crippen LogP contribution in [0.3, 0.4) is 0 Å². The number of alkyl halides is 3. The summed E-state index contributed by atoms with van der Waals surface area (Å²) in [6.07, 6.45) is -0.239. The molecule has 4 heteroatoms. The summed E-state index contributed by atoms with van der Waals surface area (Å²) in [6.45, 7) is 1.97. The average Bonchev–Trinajstić information content (AvgIpc) is 2.38. The summed E-state index contributed by atoms with van der Waals surface area (Å²) < 4.78 is 38.1. The number of hydrogen-bond donors (Lipinski definition) is 1. The van der Waals surface area contributed by atoms with E-state index in [-0.39, 0.29) is 5.41 Å². The molecule has 1 fully saturated rings. The number of halogens is 3. The molecule has 1 unspecified atom stereocenters. The van der Waals surface area contributed by atoms with E-state index >= 15 is 0 Å². The lowest BCUT2D eigenvalue weighted by Gasteiger charge is -2.38. The molecule has 19 heavy (non-hydrogen) atoms. The van der Waals surface area contributed by atoms with Crippen molar-refractivity contribution in [2.45, 2.75) is 51.3 Å². The summed E-state index contributed by atoms with van der Waals surface area (Å²) in [4.78, 5) is 0. The van der Waals surface area contributed by atoms with Gasteiger partial charge in [-0.3, -0.25) is 0 Å².